The van der Waals surface area contributed by atoms with Gasteiger partial charge in [-0.25, -0.2) is 4.79 Å². The van der Waals surface area contributed by atoms with Crippen molar-refractivity contribution in [3.05, 3.63) is 0 Å². The van der Waals surface area contributed by atoms with Gasteiger partial charge in [-0.3, -0.25) is 9.59 Å². The first-order valence-corrected chi connectivity index (χ1v) is 12.6. The van der Waals surface area contributed by atoms with Gasteiger partial charge in [0.2, 0.25) is 0 Å². The molecule has 0 N–H and O–H groups in total. The minimum Gasteiger partial charge on any atom is -0.469 e. The molecule has 0 heterocycles. The van der Waals surface area contributed by atoms with Crippen LogP contribution in [0.4, 0.5) is 4.79 Å². The van der Waals surface area contributed by atoms with Gasteiger partial charge in [0, 0.05) is 28.1 Å². The van der Waals surface area contributed by atoms with Gasteiger partial charge in [0.1, 0.15) is 5.78 Å². The third-order valence-corrected chi connectivity index (χ3v) is 2.77. The van der Waals surface area contributed by atoms with E-state index >= 15 is 0 Å². The zero-order chi connectivity index (χ0) is 30.5. The van der Waals surface area contributed by atoms with Gasteiger partial charge in [-0.05, 0) is 64.9 Å². The van der Waals surface area contributed by atoms with Crippen LogP contribution in [-0.2, 0) is 38.1 Å². The van der Waals surface area contributed by atoms with E-state index in [4.69, 9.17) is 0 Å². The lowest BCUT2D eigenvalue weighted by atomic mass is 9.78. The monoisotopic (exact) mass is 655 g/mol. The van der Waals surface area contributed by atoms with E-state index in [1.165, 1.54) is 69.0 Å². The molecule has 0 saturated heterocycles. The summed E-state index contributed by atoms with van der Waals surface area (Å²) < 4.78 is 20.5. The van der Waals surface area contributed by atoms with Crippen molar-refractivity contribution in [2.45, 2.75) is 120 Å². The number of Topliss-reactive ketones (excluding diaryl/α,β-unsaturated/α-hetero) is 1. The fourth-order valence-corrected chi connectivity index (χ4v) is 1.39. The van der Waals surface area contributed by atoms with Crippen molar-refractivity contribution in [2.75, 3.05) is 55.2 Å². The molecular weight excluding hydrogens is 572 g/mol. The van der Waals surface area contributed by atoms with Crippen molar-refractivity contribution in [1.29, 1.82) is 0 Å². The smallest absolute Gasteiger partial charge is 0.469 e. The Morgan fingerprint density at radius 3 is 0.698 bits per heavy atom. The van der Waals surface area contributed by atoms with Crippen molar-refractivity contribution >= 4 is 35.6 Å². The summed E-state index contributed by atoms with van der Waals surface area (Å²) in [7, 11) is 8.46. The number of ether oxygens (including phenoxy) is 5. The number of hydrogen-bond acceptors (Lipinski definition) is 10. The molecule has 0 aromatic carbocycles. The van der Waals surface area contributed by atoms with Crippen molar-refractivity contribution in [3.8, 4) is 11.8 Å². The molecule has 0 aliphatic heterocycles. The van der Waals surface area contributed by atoms with Crippen LogP contribution in [0, 0.1) is 23.7 Å². The number of carbonyl (C=O) groups excluding carboxylic acids is 4. The van der Waals surface area contributed by atoms with Gasteiger partial charge in [0.15, 0.2) is 0 Å². The first-order chi connectivity index (χ1) is 16.6. The average molecular weight is 655 g/mol. The van der Waals surface area contributed by atoms with Gasteiger partial charge >= 0.3 is 18.1 Å². The summed E-state index contributed by atoms with van der Waals surface area (Å²) in [4.78, 5) is 38.4. The second kappa shape index (κ2) is 90.0. The van der Waals surface area contributed by atoms with Crippen LogP contribution in [0.1, 0.15) is 120 Å². The highest BCUT2D eigenvalue weighted by atomic mass is 32.2. The number of hydrogen-bond donors (Lipinski definition) is 0. The highest BCUT2D eigenvalue weighted by Gasteiger charge is 2.19. The largest absolute Gasteiger partial charge is 0.507 e. The minimum absolute atomic E-state index is 0. The van der Waals surface area contributed by atoms with Crippen LogP contribution in [0.3, 0.4) is 0 Å². The molecule has 0 radical (unpaired) electrons. The molecule has 1 rings (SSSR count). The molecule has 0 amide bonds. The van der Waals surface area contributed by atoms with E-state index in [2.05, 4.69) is 49.4 Å². The van der Waals surface area contributed by atoms with E-state index < -0.39 is 6.16 Å². The fourth-order valence-electron chi connectivity index (χ4n) is 1.39. The molecule has 0 aromatic heterocycles. The molecule has 274 valence electrons. The number of ketones is 1. The predicted molar refractivity (Wildman–Crippen MR) is 197 cm³/mol. The van der Waals surface area contributed by atoms with E-state index in [1.807, 2.05) is 26.4 Å². The Morgan fingerprint density at radius 1 is 0.558 bits per heavy atom. The summed E-state index contributed by atoms with van der Waals surface area (Å²) in [5.74, 6) is 7.12. The third-order valence-electron chi connectivity index (χ3n) is 2.77. The summed E-state index contributed by atoms with van der Waals surface area (Å²) in [6.07, 6.45) is 6.37. The molecule has 0 bridgehead atoms. The molecule has 43 heavy (non-hydrogen) atoms. The molecule has 0 aromatic rings. The molecule has 1 aliphatic carbocycles. The van der Waals surface area contributed by atoms with Gasteiger partial charge < -0.3 is 28.5 Å². The molecular formula is C33H82O9S. The normalized spacial score (nSPS) is 10.6. The van der Waals surface area contributed by atoms with Crippen LogP contribution in [0.25, 0.3) is 0 Å². The first kappa shape index (κ1) is 90.0. The summed E-state index contributed by atoms with van der Waals surface area (Å²) in [6.45, 7) is 14.1. The van der Waals surface area contributed by atoms with Crippen LogP contribution in [-0.4, -0.2) is 79.0 Å². The van der Waals surface area contributed by atoms with E-state index in [0.29, 0.717) is 0 Å². The highest BCUT2D eigenvalue weighted by Crippen LogP contribution is 2.31. The van der Waals surface area contributed by atoms with Gasteiger partial charge in [-0.2, -0.15) is 11.8 Å². The number of carbonyl (C=O) groups is 4. The molecule has 0 atom stereocenters. The molecule has 1 aliphatic rings. The van der Waals surface area contributed by atoms with Gasteiger partial charge in [0.05, 0.1) is 28.4 Å². The van der Waals surface area contributed by atoms with Gasteiger partial charge in [-0.1, -0.05) is 65.8 Å². The molecule has 0 spiro atoms. The number of rotatable bonds is 0. The van der Waals surface area contributed by atoms with E-state index in [9.17, 15) is 19.2 Å². The number of methoxy groups -OCH3 is 5. The minimum atomic E-state index is -0.657. The first-order valence-electron chi connectivity index (χ1n) is 10.9. The number of esters is 2. The van der Waals surface area contributed by atoms with Gasteiger partial charge in [-0.15, -0.1) is 11.8 Å². The Bertz CT molecular complexity index is 486. The molecule has 0 unspecified atom stereocenters. The van der Waals surface area contributed by atoms with Gasteiger partial charge in [0.25, 0.3) is 0 Å². The highest BCUT2D eigenvalue weighted by molar-refractivity contribution is 7.97. The van der Waals surface area contributed by atoms with Crippen molar-refractivity contribution in [1.82, 2.24) is 0 Å². The van der Waals surface area contributed by atoms with E-state index in [0.717, 1.165) is 11.8 Å². The number of thioether (sulfide) groups is 1. The maximum absolute atomic E-state index is 9.74. The van der Waals surface area contributed by atoms with Crippen LogP contribution in [0.5, 0.6) is 0 Å². The predicted octanol–water partition coefficient (Wildman–Crippen LogP) is 10.1. The molecule has 9 nitrogen and oxygen atoms in total. The lowest BCUT2D eigenvalue weighted by Gasteiger charge is -2.28. The van der Waals surface area contributed by atoms with Crippen LogP contribution >= 0.6 is 11.8 Å². The Kier molecular flexibility index (Phi) is 188. The lowest BCUT2D eigenvalue weighted by molar-refractivity contribution is -0.138. The second-order valence-corrected chi connectivity index (χ2v) is 7.77. The zero-order valence-electron chi connectivity index (χ0n) is 25.7. The Morgan fingerprint density at radius 2 is 0.698 bits per heavy atom. The van der Waals surface area contributed by atoms with Crippen molar-refractivity contribution in [2.24, 2.45) is 11.8 Å². The van der Waals surface area contributed by atoms with E-state index in [-0.39, 0.29) is 69.7 Å². The van der Waals surface area contributed by atoms with Crippen LogP contribution in [0.2, 0.25) is 0 Å². The third kappa shape index (κ3) is 260. The van der Waals surface area contributed by atoms with E-state index in [1.54, 1.807) is 26.0 Å². The SMILES string of the molecule is C.C.C.C.C.C.C.CC#CC.CC(C)=O.CC1CC(C)C1.COC.COC(=O)OC.COC(C)=O.COC(C)=O.CSC. The summed E-state index contributed by atoms with van der Waals surface area (Å²) in [5, 5.41) is 0. The fraction of sp³-hybridized carbons (Fsp3) is 0.818. The molecule has 1 saturated carbocycles. The average Bonchev–Trinajstić information content (AvgIpc) is 2.79. The summed E-state index contributed by atoms with van der Waals surface area (Å²) in [5.41, 5.74) is 0. The second-order valence-electron chi connectivity index (χ2n) is 6.96. The Balaban J connectivity index is -0.0000000184. The van der Waals surface area contributed by atoms with Crippen LogP contribution < -0.4 is 0 Å². The van der Waals surface area contributed by atoms with Crippen molar-refractivity contribution < 1.29 is 42.9 Å². The summed E-state index contributed by atoms with van der Waals surface area (Å²) >= 11 is 1.75. The topological polar surface area (TPSA) is 114 Å². The maximum atomic E-state index is 9.74. The molecule has 10 heteroatoms. The Hall–Kier alpha value is -2.25. The molecule has 1 fully saturated rings. The lowest BCUT2D eigenvalue weighted by Crippen LogP contribution is -2.16. The summed E-state index contributed by atoms with van der Waals surface area (Å²) in [6, 6.07) is 0. The van der Waals surface area contributed by atoms with Crippen molar-refractivity contribution in [3.63, 3.8) is 0 Å². The van der Waals surface area contributed by atoms with Crippen LogP contribution in [0.15, 0.2) is 0 Å². The quantitative estimate of drug-likeness (QED) is 0.142. The zero-order valence-corrected chi connectivity index (χ0v) is 26.5. The standard InChI is InChI=1S/C6H12.C4H6.C3H6O3.2C3H6O2.C3H6O.C2H6O.C2H6S.7CH4/c1-5-3-6(2)4-5;1-3-4-2;1-5-3(4)6-2;2*1-3(4)5-2;1-3(2)4;2*1-3-2;;;;;;;/h5-6H,3-4H2,1-2H3;1-2H3;1-2H3;2*1-2H3;1-2H3;2*1-2H3;7*1H4. The maximum Gasteiger partial charge on any atom is 0.507 e. The Labute approximate surface area is 277 Å².